The van der Waals surface area contributed by atoms with Gasteiger partial charge in [0.2, 0.25) is 21.8 Å². The average molecular weight is 316 g/mol. The largest absolute Gasteiger partial charge is 0.426 e. The van der Waals surface area contributed by atoms with Gasteiger partial charge < -0.3 is 4.42 Å². The van der Waals surface area contributed by atoms with Crippen LogP contribution in [-0.2, 0) is 22.2 Å². The van der Waals surface area contributed by atoms with E-state index >= 15 is 0 Å². The van der Waals surface area contributed by atoms with Crippen LogP contribution in [0.2, 0.25) is 5.02 Å². The minimum absolute atomic E-state index is 0.157. The smallest absolute Gasteiger partial charge is 0.217 e. The monoisotopic (exact) mass is 315 g/mol. The Bertz CT molecular complexity index is 685. The first kappa shape index (κ1) is 15.0. The number of nitrogens with zero attached hydrogens (tertiary/aromatic N) is 2. The third-order valence-electron chi connectivity index (χ3n) is 2.53. The van der Waals surface area contributed by atoms with Gasteiger partial charge in [0.1, 0.15) is 0 Å². The number of aromatic nitrogens is 2. The number of nitrogens with one attached hydrogen (secondary N) is 1. The second kappa shape index (κ2) is 6.34. The molecule has 8 heteroatoms. The Kier molecular flexibility index (Phi) is 4.74. The molecule has 108 valence electrons. The summed E-state index contributed by atoms with van der Waals surface area (Å²) < 4.78 is 31.5. The van der Waals surface area contributed by atoms with Crippen molar-refractivity contribution < 1.29 is 12.8 Å². The summed E-state index contributed by atoms with van der Waals surface area (Å²) in [7, 11) is -3.44. The number of halogens is 1. The van der Waals surface area contributed by atoms with E-state index in [2.05, 4.69) is 14.9 Å². The van der Waals surface area contributed by atoms with E-state index in [9.17, 15) is 8.42 Å². The minimum atomic E-state index is -3.44. The summed E-state index contributed by atoms with van der Waals surface area (Å²) >= 11 is 5.94. The molecule has 0 radical (unpaired) electrons. The molecule has 0 unspecified atom stereocenters. The van der Waals surface area contributed by atoms with E-state index in [4.69, 9.17) is 16.0 Å². The molecule has 0 saturated heterocycles. The fraction of sp³-hybridized carbons (Fsp3) is 0.333. The Morgan fingerprint density at radius 2 is 2.05 bits per heavy atom. The van der Waals surface area contributed by atoms with Crippen LogP contribution < -0.4 is 4.72 Å². The molecule has 6 nitrogen and oxygen atoms in total. The van der Waals surface area contributed by atoms with Crippen molar-refractivity contribution in [3.05, 3.63) is 46.6 Å². The van der Waals surface area contributed by atoms with E-state index in [1.807, 2.05) is 0 Å². The lowest BCUT2D eigenvalue weighted by atomic mass is 10.2. The van der Waals surface area contributed by atoms with Gasteiger partial charge in [-0.3, -0.25) is 0 Å². The molecule has 2 aromatic rings. The van der Waals surface area contributed by atoms with E-state index in [0.717, 1.165) is 0 Å². The lowest BCUT2D eigenvalue weighted by molar-refractivity contribution is 0.466. The third-order valence-corrected chi connectivity index (χ3v) is 4.24. The summed E-state index contributed by atoms with van der Waals surface area (Å²) in [5.74, 6) is 0.706. The molecule has 0 saturated carbocycles. The lowest BCUT2D eigenvalue weighted by Crippen LogP contribution is -2.27. The molecule has 1 aromatic carbocycles. The van der Waals surface area contributed by atoms with Crippen molar-refractivity contribution >= 4 is 21.6 Å². The van der Waals surface area contributed by atoms with Gasteiger partial charge in [0.25, 0.3) is 0 Å². The molecule has 1 N–H and O–H groups in total. The molecule has 1 heterocycles. The molecule has 0 spiro atoms. The van der Waals surface area contributed by atoms with Crippen molar-refractivity contribution in [3.63, 3.8) is 0 Å². The van der Waals surface area contributed by atoms with Crippen LogP contribution in [0.25, 0.3) is 0 Å². The minimum Gasteiger partial charge on any atom is -0.426 e. The number of benzene rings is 1. The second-order valence-corrected chi connectivity index (χ2v) is 6.42. The zero-order valence-electron chi connectivity index (χ0n) is 10.8. The summed E-state index contributed by atoms with van der Waals surface area (Å²) in [6.07, 6.45) is 0.350. The van der Waals surface area contributed by atoms with Crippen molar-refractivity contribution in [2.75, 3.05) is 6.54 Å². The zero-order valence-corrected chi connectivity index (χ0v) is 12.4. The van der Waals surface area contributed by atoms with Gasteiger partial charge in [0.15, 0.2) is 0 Å². The summed E-state index contributed by atoms with van der Waals surface area (Å²) in [5.41, 5.74) is 0.565. The van der Waals surface area contributed by atoms with E-state index < -0.39 is 10.0 Å². The molecular weight excluding hydrogens is 302 g/mol. The molecule has 0 amide bonds. The summed E-state index contributed by atoms with van der Waals surface area (Å²) in [6.45, 7) is 1.88. The molecule has 0 bridgehead atoms. The second-order valence-electron chi connectivity index (χ2n) is 4.21. The molecule has 0 aliphatic heterocycles. The highest BCUT2D eigenvalue weighted by molar-refractivity contribution is 7.88. The van der Waals surface area contributed by atoms with Gasteiger partial charge in [-0.15, -0.1) is 10.2 Å². The molecule has 2 rings (SSSR count). The molecule has 0 fully saturated rings. The predicted molar refractivity (Wildman–Crippen MR) is 74.8 cm³/mol. The van der Waals surface area contributed by atoms with Crippen LogP contribution in [-0.4, -0.2) is 25.2 Å². The van der Waals surface area contributed by atoms with Crippen molar-refractivity contribution in [2.45, 2.75) is 19.1 Å². The van der Waals surface area contributed by atoms with E-state index in [1.165, 1.54) is 0 Å². The fourth-order valence-electron chi connectivity index (χ4n) is 1.62. The normalized spacial score (nSPS) is 11.7. The van der Waals surface area contributed by atoms with Crippen LogP contribution in [0, 0.1) is 6.92 Å². The van der Waals surface area contributed by atoms with Gasteiger partial charge in [0.05, 0.1) is 5.75 Å². The maximum Gasteiger partial charge on any atom is 0.217 e. The predicted octanol–water partition coefficient (Wildman–Crippen LogP) is 1.69. The number of aryl methyl sites for hydroxylation is 1. The van der Waals surface area contributed by atoms with Crippen LogP contribution in [0.4, 0.5) is 0 Å². The maximum absolute atomic E-state index is 11.9. The van der Waals surface area contributed by atoms with Crippen LogP contribution >= 0.6 is 11.6 Å². The Balaban J connectivity index is 1.90. The Morgan fingerprint density at radius 1 is 1.30 bits per heavy atom. The summed E-state index contributed by atoms with van der Waals surface area (Å²) in [4.78, 5) is 0. The fourth-order valence-corrected chi connectivity index (χ4v) is 3.08. The highest BCUT2D eigenvalue weighted by Crippen LogP contribution is 2.17. The summed E-state index contributed by atoms with van der Waals surface area (Å²) in [5, 5.41) is 7.90. The van der Waals surface area contributed by atoms with Crippen LogP contribution in [0.1, 0.15) is 17.3 Å². The van der Waals surface area contributed by atoms with Gasteiger partial charge in [-0.1, -0.05) is 29.8 Å². The van der Waals surface area contributed by atoms with Crippen molar-refractivity contribution in [3.8, 4) is 0 Å². The van der Waals surface area contributed by atoms with E-state index in [-0.39, 0.29) is 12.3 Å². The van der Waals surface area contributed by atoms with E-state index in [0.29, 0.717) is 28.8 Å². The van der Waals surface area contributed by atoms with Crippen LogP contribution in [0.3, 0.4) is 0 Å². The van der Waals surface area contributed by atoms with E-state index in [1.54, 1.807) is 31.2 Å². The van der Waals surface area contributed by atoms with Crippen molar-refractivity contribution in [2.24, 2.45) is 0 Å². The molecule has 0 atom stereocenters. The quantitative estimate of drug-likeness (QED) is 0.877. The first-order valence-corrected chi connectivity index (χ1v) is 7.99. The maximum atomic E-state index is 11.9. The topological polar surface area (TPSA) is 85.1 Å². The van der Waals surface area contributed by atoms with Gasteiger partial charge in [-0.05, 0) is 11.6 Å². The molecule has 20 heavy (non-hydrogen) atoms. The highest BCUT2D eigenvalue weighted by atomic mass is 35.5. The van der Waals surface area contributed by atoms with Crippen molar-refractivity contribution in [1.82, 2.24) is 14.9 Å². The number of hydrogen-bond acceptors (Lipinski definition) is 5. The van der Waals surface area contributed by atoms with Gasteiger partial charge >= 0.3 is 0 Å². The van der Waals surface area contributed by atoms with Crippen LogP contribution in [0.5, 0.6) is 0 Å². The number of sulfonamides is 1. The molecule has 1 aromatic heterocycles. The van der Waals surface area contributed by atoms with Crippen LogP contribution in [0.15, 0.2) is 28.7 Å². The first-order chi connectivity index (χ1) is 9.46. The number of rotatable bonds is 6. The van der Waals surface area contributed by atoms with Gasteiger partial charge in [-0.2, -0.15) is 0 Å². The number of hydrogen-bond donors (Lipinski definition) is 1. The molecule has 0 aliphatic carbocycles. The average Bonchev–Trinajstić information content (AvgIpc) is 2.77. The van der Waals surface area contributed by atoms with Gasteiger partial charge in [0, 0.05) is 24.9 Å². The van der Waals surface area contributed by atoms with Gasteiger partial charge in [-0.25, -0.2) is 13.1 Å². The zero-order chi connectivity index (χ0) is 14.6. The molecular formula is C12H14ClN3O3S. The first-order valence-electron chi connectivity index (χ1n) is 5.96. The highest BCUT2D eigenvalue weighted by Gasteiger charge is 2.13. The Labute approximate surface area is 122 Å². The Morgan fingerprint density at radius 3 is 2.70 bits per heavy atom. The standard InChI is InChI=1S/C12H14ClN3O3S/c1-9-15-16-12(19-9)6-7-14-20(17,18)8-10-4-2-3-5-11(10)13/h2-5,14H,6-8H2,1H3. The van der Waals surface area contributed by atoms with Crippen molar-refractivity contribution in [1.29, 1.82) is 0 Å². The third kappa shape index (κ3) is 4.29. The SMILES string of the molecule is Cc1nnc(CCNS(=O)(=O)Cc2ccccc2Cl)o1. The Hall–Kier alpha value is -1.44. The summed E-state index contributed by atoms with van der Waals surface area (Å²) in [6, 6.07) is 6.85. The molecule has 0 aliphatic rings. The lowest BCUT2D eigenvalue weighted by Gasteiger charge is -2.07.